The minimum Gasteiger partial charge on any atom is -0.444 e. The average molecular weight is 681 g/mol. The Labute approximate surface area is 291 Å². The Morgan fingerprint density at radius 1 is 0.720 bits per heavy atom. The number of rotatable bonds is 4. The lowest BCUT2D eigenvalue weighted by molar-refractivity contribution is -0.0352. The second-order valence-electron chi connectivity index (χ2n) is 14.8. The Hall–Kier alpha value is -4.94. The number of benzene rings is 3. The van der Waals surface area contributed by atoms with Crippen molar-refractivity contribution in [2.24, 2.45) is 0 Å². The Morgan fingerprint density at radius 2 is 1.26 bits per heavy atom. The summed E-state index contributed by atoms with van der Waals surface area (Å²) in [6.07, 6.45) is 1.05. The molecule has 2 N–H and O–H groups in total. The van der Waals surface area contributed by atoms with Gasteiger partial charge >= 0.3 is 12.2 Å². The van der Waals surface area contributed by atoms with Crippen LogP contribution in [-0.2, 0) is 18.9 Å². The van der Waals surface area contributed by atoms with Crippen LogP contribution in [0.3, 0.4) is 0 Å². The summed E-state index contributed by atoms with van der Waals surface area (Å²) in [6.45, 7) is 13.6. The number of hydrogen-bond donors (Lipinski definition) is 2. The predicted molar refractivity (Wildman–Crippen MR) is 190 cm³/mol. The van der Waals surface area contributed by atoms with Crippen molar-refractivity contribution in [1.82, 2.24) is 29.7 Å². The summed E-state index contributed by atoms with van der Waals surface area (Å²) in [7, 11) is 0. The van der Waals surface area contributed by atoms with E-state index in [1.54, 1.807) is 16.0 Å². The predicted octanol–water partition coefficient (Wildman–Crippen LogP) is 7.39. The molecule has 0 spiro atoms. The second kappa shape index (κ2) is 13.1. The van der Waals surface area contributed by atoms with Crippen LogP contribution >= 0.6 is 0 Å². The van der Waals surface area contributed by atoms with E-state index in [2.05, 4.69) is 63.5 Å². The van der Waals surface area contributed by atoms with Crippen molar-refractivity contribution in [2.75, 3.05) is 39.5 Å². The number of morpholine rings is 2. The summed E-state index contributed by atoms with van der Waals surface area (Å²) in [5, 5.41) is 2.18. The van der Waals surface area contributed by atoms with Gasteiger partial charge in [0.1, 0.15) is 34.9 Å². The van der Waals surface area contributed by atoms with E-state index in [9.17, 15) is 9.59 Å². The van der Waals surface area contributed by atoms with Gasteiger partial charge in [0.15, 0.2) is 0 Å². The number of ether oxygens (including phenoxy) is 4. The molecule has 262 valence electrons. The lowest BCUT2D eigenvalue weighted by atomic mass is 9.99. The molecular weight excluding hydrogens is 636 g/mol. The highest BCUT2D eigenvalue weighted by Crippen LogP contribution is 2.32. The number of fused-ring (bicyclic) bond motifs is 2. The minimum atomic E-state index is -0.593. The molecule has 3 aromatic carbocycles. The van der Waals surface area contributed by atoms with Gasteiger partial charge in [-0.3, -0.25) is 9.80 Å². The molecule has 2 atom stereocenters. The standard InChI is InChI=1S/C38H44N6O6/c1-37(2,3)49-35(45)43-13-15-47-21-31(43)33-39-20-30(42-33)27-10-9-23-17-24(7-8-25(23)18-27)26-11-12-28-29(19-26)41-34(40-28)32-22-48-16-14-44(32)36(46)50-38(4,5)6/h7-12,17-20,31-32H,13-16,21-22H2,1-6H3,(H,39,42)(H,40,41)/t31-,32-/m0/s1. The van der Waals surface area contributed by atoms with Crippen molar-refractivity contribution in [2.45, 2.75) is 64.8 Å². The first-order valence-corrected chi connectivity index (χ1v) is 17.1. The maximum absolute atomic E-state index is 13.0. The fourth-order valence-corrected chi connectivity index (χ4v) is 6.35. The topological polar surface area (TPSA) is 135 Å². The maximum atomic E-state index is 13.0. The Morgan fingerprint density at radius 3 is 1.88 bits per heavy atom. The summed E-state index contributed by atoms with van der Waals surface area (Å²) in [5.41, 5.74) is 4.48. The minimum absolute atomic E-state index is 0.345. The van der Waals surface area contributed by atoms with E-state index in [1.165, 1.54) is 0 Å². The van der Waals surface area contributed by atoms with E-state index in [-0.39, 0.29) is 24.3 Å². The van der Waals surface area contributed by atoms with Gasteiger partial charge in [-0.2, -0.15) is 0 Å². The fraction of sp³-hybridized carbons (Fsp3) is 0.421. The zero-order chi connectivity index (χ0) is 35.2. The third kappa shape index (κ3) is 7.17. The molecule has 2 aromatic heterocycles. The third-order valence-electron chi connectivity index (χ3n) is 8.72. The van der Waals surface area contributed by atoms with Crippen molar-refractivity contribution < 1.29 is 28.5 Å². The zero-order valence-electron chi connectivity index (χ0n) is 29.4. The molecule has 2 aliphatic heterocycles. The number of carbonyl (C=O) groups excluding carboxylic acids is 2. The van der Waals surface area contributed by atoms with Crippen LogP contribution in [0.25, 0.3) is 44.2 Å². The zero-order valence-corrected chi connectivity index (χ0v) is 29.4. The van der Waals surface area contributed by atoms with Crippen molar-refractivity contribution >= 4 is 34.0 Å². The molecule has 2 fully saturated rings. The average Bonchev–Trinajstić information content (AvgIpc) is 3.74. The largest absolute Gasteiger partial charge is 0.444 e. The molecule has 4 heterocycles. The van der Waals surface area contributed by atoms with Crippen LogP contribution in [0, 0.1) is 0 Å². The van der Waals surface area contributed by atoms with E-state index in [4.69, 9.17) is 23.9 Å². The molecule has 7 rings (SSSR count). The molecule has 0 radical (unpaired) electrons. The van der Waals surface area contributed by atoms with Gasteiger partial charge in [-0.15, -0.1) is 0 Å². The number of aromatic nitrogens is 4. The summed E-state index contributed by atoms with van der Waals surface area (Å²) >= 11 is 0. The van der Waals surface area contributed by atoms with Crippen LogP contribution in [0.1, 0.15) is 65.3 Å². The van der Waals surface area contributed by atoms with Gasteiger partial charge in [0.05, 0.1) is 49.4 Å². The highest BCUT2D eigenvalue weighted by molar-refractivity contribution is 5.92. The molecule has 5 aromatic rings. The van der Waals surface area contributed by atoms with Crippen LogP contribution in [0.5, 0.6) is 0 Å². The number of nitrogens with one attached hydrogen (secondary N) is 2. The van der Waals surface area contributed by atoms with Gasteiger partial charge in [-0.05, 0) is 87.7 Å². The Kier molecular flexibility index (Phi) is 8.77. The number of nitrogens with zero attached hydrogens (tertiary/aromatic N) is 4. The Balaban J connectivity index is 1.10. The second-order valence-corrected chi connectivity index (χ2v) is 14.8. The van der Waals surface area contributed by atoms with E-state index in [1.807, 2.05) is 47.6 Å². The molecule has 12 heteroatoms. The van der Waals surface area contributed by atoms with Crippen LogP contribution in [-0.4, -0.2) is 92.6 Å². The normalized spacial score (nSPS) is 18.8. The Bertz CT molecular complexity index is 2040. The maximum Gasteiger partial charge on any atom is 0.411 e. The van der Waals surface area contributed by atoms with Gasteiger partial charge in [-0.1, -0.05) is 30.3 Å². The van der Waals surface area contributed by atoms with E-state index in [0.29, 0.717) is 51.2 Å². The quantitative estimate of drug-likeness (QED) is 0.201. The van der Waals surface area contributed by atoms with E-state index >= 15 is 0 Å². The molecule has 2 saturated heterocycles. The van der Waals surface area contributed by atoms with Crippen LogP contribution in [0.2, 0.25) is 0 Å². The molecule has 0 unspecified atom stereocenters. The lowest BCUT2D eigenvalue weighted by Gasteiger charge is -2.35. The molecular formula is C38H44N6O6. The molecule has 50 heavy (non-hydrogen) atoms. The highest BCUT2D eigenvalue weighted by atomic mass is 16.6. The van der Waals surface area contributed by atoms with Crippen molar-refractivity contribution in [1.29, 1.82) is 0 Å². The summed E-state index contributed by atoms with van der Waals surface area (Å²) in [5.74, 6) is 1.33. The first kappa shape index (κ1) is 33.6. The third-order valence-corrected chi connectivity index (χ3v) is 8.72. The van der Waals surface area contributed by atoms with E-state index in [0.717, 1.165) is 44.2 Å². The van der Waals surface area contributed by atoms with Gasteiger partial charge in [0.25, 0.3) is 0 Å². The monoisotopic (exact) mass is 680 g/mol. The van der Waals surface area contributed by atoms with Gasteiger partial charge in [0, 0.05) is 18.7 Å². The van der Waals surface area contributed by atoms with Crippen LogP contribution in [0.15, 0.2) is 60.8 Å². The van der Waals surface area contributed by atoms with Crippen LogP contribution < -0.4 is 0 Å². The SMILES string of the molecule is CC(C)(C)OC(=O)N1CCOC[C@H]1c1ncc(-c2ccc3cc(-c4ccc5nc([C@@H]6COCCN6C(=O)OC(C)(C)C)[nH]c5c4)ccc3c2)[nH]1. The molecule has 0 aliphatic carbocycles. The molecule has 0 saturated carbocycles. The molecule has 2 amide bonds. The number of imidazole rings is 2. The summed E-state index contributed by atoms with van der Waals surface area (Å²) in [4.78, 5) is 45.6. The highest BCUT2D eigenvalue weighted by Gasteiger charge is 2.35. The van der Waals surface area contributed by atoms with Crippen molar-refractivity contribution in [3.8, 4) is 22.4 Å². The summed E-state index contributed by atoms with van der Waals surface area (Å²) < 4.78 is 22.7. The molecule has 2 aliphatic rings. The van der Waals surface area contributed by atoms with Gasteiger partial charge in [-0.25, -0.2) is 19.6 Å². The number of carbonyl (C=O) groups is 2. The molecule has 0 bridgehead atoms. The number of H-pyrrole nitrogens is 2. The van der Waals surface area contributed by atoms with Crippen molar-refractivity contribution in [3.05, 3.63) is 72.4 Å². The number of aromatic amines is 2. The van der Waals surface area contributed by atoms with Crippen molar-refractivity contribution in [3.63, 3.8) is 0 Å². The van der Waals surface area contributed by atoms with E-state index < -0.39 is 11.2 Å². The smallest absolute Gasteiger partial charge is 0.411 e. The first-order chi connectivity index (χ1) is 23.8. The summed E-state index contributed by atoms with van der Waals surface area (Å²) in [6, 6.07) is 18.1. The number of hydrogen-bond acceptors (Lipinski definition) is 8. The molecule has 12 nitrogen and oxygen atoms in total. The fourth-order valence-electron chi connectivity index (χ4n) is 6.35. The van der Waals surface area contributed by atoms with Gasteiger partial charge < -0.3 is 28.9 Å². The first-order valence-electron chi connectivity index (χ1n) is 17.1. The van der Waals surface area contributed by atoms with Gasteiger partial charge in [0.2, 0.25) is 0 Å². The lowest BCUT2D eigenvalue weighted by Crippen LogP contribution is -2.46. The van der Waals surface area contributed by atoms with Crippen LogP contribution in [0.4, 0.5) is 9.59 Å². The number of amides is 2.